The van der Waals surface area contributed by atoms with Crippen LogP contribution in [-0.2, 0) is 4.79 Å². The molecule has 1 heterocycles. The normalized spacial score (nSPS) is 20.5. The first-order chi connectivity index (χ1) is 5.68. The molecule has 1 amide bonds. The Kier molecular flexibility index (Phi) is 1.38. The summed E-state index contributed by atoms with van der Waals surface area (Å²) in [5.74, 6) is -0.958. The van der Waals surface area contributed by atoms with Crippen LogP contribution in [0.15, 0.2) is 18.2 Å². The molecule has 0 fully saturated rings. The molecule has 0 spiro atoms. The highest BCUT2D eigenvalue weighted by atomic mass is 19.1. The Balaban J connectivity index is 2.55. The second-order valence-corrected chi connectivity index (χ2v) is 2.62. The highest BCUT2D eigenvalue weighted by molar-refractivity contribution is 6.01. The number of amides is 1. The summed E-state index contributed by atoms with van der Waals surface area (Å²) < 4.78 is 12.6. The van der Waals surface area contributed by atoms with Crippen molar-refractivity contribution in [2.45, 2.75) is 6.10 Å². The third-order valence-electron chi connectivity index (χ3n) is 1.81. The van der Waals surface area contributed by atoms with Crippen molar-refractivity contribution in [1.82, 2.24) is 0 Å². The van der Waals surface area contributed by atoms with Gasteiger partial charge in [0.2, 0.25) is 0 Å². The molecule has 0 saturated carbocycles. The summed E-state index contributed by atoms with van der Waals surface area (Å²) in [5.41, 5.74) is 0.786. The lowest BCUT2D eigenvalue weighted by molar-refractivity contribution is -0.123. The van der Waals surface area contributed by atoms with Gasteiger partial charge in [0.1, 0.15) is 5.82 Å². The van der Waals surface area contributed by atoms with Gasteiger partial charge in [-0.2, -0.15) is 0 Å². The Morgan fingerprint density at radius 3 is 3.00 bits per heavy atom. The lowest BCUT2D eigenvalue weighted by Gasteiger charge is -1.98. The maximum Gasteiger partial charge on any atom is 0.257 e. The number of carbonyl (C=O) groups excluding carboxylic acids is 1. The molecule has 4 heteroatoms. The lowest BCUT2D eigenvalue weighted by atomic mass is 10.1. The molecule has 62 valence electrons. The van der Waals surface area contributed by atoms with Gasteiger partial charge < -0.3 is 10.4 Å². The summed E-state index contributed by atoms with van der Waals surface area (Å²) >= 11 is 0. The van der Waals surface area contributed by atoms with Crippen LogP contribution >= 0.6 is 0 Å². The highest BCUT2D eigenvalue weighted by Crippen LogP contribution is 2.30. The van der Waals surface area contributed by atoms with Crippen LogP contribution in [0, 0.1) is 5.82 Å². The minimum atomic E-state index is -1.23. The van der Waals surface area contributed by atoms with Gasteiger partial charge in [-0.15, -0.1) is 0 Å². The van der Waals surface area contributed by atoms with Gasteiger partial charge in [-0.3, -0.25) is 4.79 Å². The average Bonchev–Trinajstić information content (AvgIpc) is 2.31. The summed E-state index contributed by atoms with van der Waals surface area (Å²) in [6, 6.07) is 3.81. The Hall–Kier alpha value is -1.42. The summed E-state index contributed by atoms with van der Waals surface area (Å²) in [6.45, 7) is 0. The predicted molar refractivity (Wildman–Crippen MR) is 40.0 cm³/mol. The van der Waals surface area contributed by atoms with Crippen molar-refractivity contribution in [2.75, 3.05) is 5.32 Å². The van der Waals surface area contributed by atoms with Crippen molar-refractivity contribution in [3.8, 4) is 0 Å². The van der Waals surface area contributed by atoms with Crippen LogP contribution in [0.4, 0.5) is 10.1 Å². The molecular weight excluding hydrogens is 161 g/mol. The molecule has 0 bridgehead atoms. The van der Waals surface area contributed by atoms with Crippen molar-refractivity contribution in [1.29, 1.82) is 0 Å². The summed E-state index contributed by atoms with van der Waals surface area (Å²) in [6.07, 6.45) is -1.23. The van der Waals surface area contributed by atoms with E-state index in [2.05, 4.69) is 5.32 Å². The monoisotopic (exact) mass is 167 g/mol. The average molecular weight is 167 g/mol. The molecule has 1 aliphatic rings. The molecular formula is C8H6FNO2. The Bertz CT molecular complexity index is 351. The number of nitrogens with one attached hydrogen (secondary N) is 1. The molecule has 1 atom stereocenters. The first-order valence-electron chi connectivity index (χ1n) is 3.47. The van der Waals surface area contributed by atoms with Gasteiger partial charge in [0, 0.05) is 11.3 Å². The van der Waals surface area contributed by atoms with E-state index >= 15 is 0 Å². The number of hydrogen-bond acceptors (Lipinski definition) is 2. The molecule has 0 aromatic heterocycles. The third kappa shape index (κ3) is 0.887. The number of halogens is 1. The van der Waals surface area contributed by atoms with Crippen molar-refractivity contribution < 1.29 is 14.3 Å². The molecule has 1 unspecified atom stereocenters. The molecule has 0 saturated heterocycles. The van der Waals surface area contributed by atoms with Crippen molar-refractivity contribution in [3.63, 3.8) is 0 Å². The molecule has 0 aliphatic carbocycles. The van der Waals surface area contributed by atoms with Crippen LogP contribution in [0.25, 0.3) is 0 Å². The van der Waals surface area contributed by atoms with Gasteiger partial charge in [-0.05, 0) is 18.2 Å². The van der Waals surface area contributed by atoms with E-state index in [1.54, 1.807) is 0 Å². The first-order valence-corrected chi connectivity index (χ1v) is 3.47. The van der Waals surface area contributed by atoms with E-state index < -0.39 is 17.8 Å². The van der Waals surface area contributed by atoms with Crippen LogP contribution in [0.5, 0.6) is 0 Å². The molecule has 1 aliphatic heterocycles. The van der Waals surface area contributed by atoms with Gasteiger partial charge in [0.15, 0.2) is 6.10 Å². The number of anilines is 1. The van der Waals surface area contributed by atoms with E-state index in [1.807, 2.05) is 0 Å². The predicted octanol–water partition coefficient (Wildman–Crippen LogP) is 0.811. The van der Waals surface area contributed by atoms with Gasteiger partial charge in [-0.1, -0.05) is 0 Å². The van der Waals surface area contributed by atoms with E-state index in [1.165, 1.54) is 12.1 Å². The fraction of sp³-hybridized carbons (Fsp3) is 0.125. The van der Waals surface area contributed by atoms with Crippen LogP contribution in [-0.4, -0.2) is 11.0 Å². The van der Waals surface area contributed by atoms with E-state index in [-0.39, 0.29) is 0 Å². The van der Waals surface area contributed by atoms with Gasteiger partial charge in [0.05, 0.1) is 0 Å². The Morgan fingerprint density at radius 2 is 2.25 bits per heavy atom. The zero-order chi connectivity index (χ0) is 8.72. The molecule has 3 nitrogen and oxygen atoms in total. The summed E-state index contributed by atoms with van der Waals surface area (Å²) in [4.78, 5) is 10.9. The second kappa shape index (κ2) is 2.28. The van der Waals surface area contributed by atoms with E-state index in [0.717, 1.165) is 6.07 Å². The number of benzene rings is 1. The van der Waals surface area contributed by atoms with Crippen molar-refractivity contribution in [3.05, 3.63) is 29.6 Å². The topological polar surface area (TPSA) is 49.3 Å². The van der Waals surface area contributed by atoms with Crippen LogP contribution in [0.2, 0.25) is 0 Å². The van der Waals surface area contributed by atoms with E-state index in [9.17, 15) is 14.3 Å². The van der Waals surface area contributed by atoms with Gasteiger partial charge >= 0.3 is 0 Å². The van der Waals surface area contributed by atoms with Crippen LogP contribution in [0.1, 0.15) is 11.7 Å². The number of rotatable bonds is 0. The summed E-state index contributed by atoms with van der Waals surface area (Å²) in [5, 5.41) is 11.6. The van der Waals surface area contributed by atoms with E-state index in [0.29, 0.717) is 11.3 Å². The smallest absolute Gasteiger partial charge is 0.257 e. The number of aliphatic hydroxyl groups excluding tert-OH is 1. The minimum Gasteiger partial charge on any atom is -0.378 e. The minimum absolute atomic E-state index is 0.306. The number of aliphatic hydroxyl groups is 1. The molecule has 12 heavy (non-hydrogen) atoms. The second-order valence-electron chi connectivity index (χ2n) is 2.62. The molecule has 1 aromatic carbocycles. The fourth-order valence-electron chi connectivity index (χ4n) is 1.22. The molecule has 0 radical (unpaired) electrons. The highest BCUT2D eigenvalue weighted by Gasteiger charge is 2.28. The summed E-state index contributed by atoms with van der Waals surface area (Å²) in [7, 11) is 0. The standard InChI is InChI=1S/C8H6FNO2/c9-4-1-2-6-5(3-4)7(11)8(12)10-6/h1-3,7,11H,(H,10,12). The molecule has 2 rings (SSSR count). The Morgan fingerprint density at radius 1 is 1.50 bits per heavy atom. The van der Waals surface area contributed by atoms with Gasteiger partial charge in [-0.25, -0.2) is 4.39 Å². The number of carbonyl (C=O) groups is 1. The first kappa shape index (κ1) is 7.24. The largest absolute Gasteiger partial charge is 0.378 e. The quantitative estimate of drug-likeness (QED) is 0.600. The Labute approximate surface area is 67.8 Å². The third-order valence-corrected chi connectivity index (χ3v) is 1.81. The maximum atomic E-state index is 12.6. The molecule has 1 aromatic rings. The maximum absolute atomic E-state index is 12.6. The molecule has 2 N–H and O–H groups in total. The zero-order valence-corrected chi connectivity index (χ0v) is 6.04. The number of hydrogen-bond donors (Lipinski definition) is 2. The van der Waals surface area contributed by atoms with Crippen LogP contribution < -0.4 is 5.32 Å². The van der Waals surface area contributed by atoms with Crippen molar-refractivity contribution in [2.24, 2.45) is 0 Å². The van der Waals surface area contributed by atoms with E-state index in [4.69, 9.17) is 0 Å². The lowest BCUT2D eigenvalue weighted by Crippen LogP contribution is -2.10. The van der Waals surface area contributed by atoms with Crippen LogP contribution in [0.3, 0.4) is 0 Å². The zero-order valence-electron chi connectivity index (χ0n) is 6.04. The van der Waals surface area contributed by atoms with Crippen molar-refractivity contribution >= 4 is 11.6 Å². The SMILES string of the molecule is O=C1Nc2ccc(F)cc2C1O. The fourth-order valence-corrected chi connectivity index (χ4v) is 1.22. The number of fused-ring (bicyclic) bond motifs is 1. The van der Waals surface area contributed by atoms with Gasteiger partial charge in [0.25, 0.3) is 5.91 Å².